The first kappa shape index (κ1) is 13.6. The molecule has 104 valence electrons. The lowest BCUT2D eigenvalue weighted by Gasteiger charge is -2.33. The Morgan fingerprint density at radius 2 is 2.26 bits per heavy atom. The van der Waals surface area contributed by atoms with Gasteiger partial charge in [0.05, 0.1) is 0 Å². The van der Waals surface area contributed by atoms with Crippen LogP contribution in [0.3, 0.4) is 0 Å². The third-order valence-electron chi connectivity index (χ3n) is 3.57. The molecule has 0 aliphatic carbocycles. The minimum Gasteiger partial charge on any atom is -0.371 e. The smallest absolute Gasteiger partial charge is 0.217 e. The second kappa shape index (κ2) is 6.41. The van der Waals surface area contributed by atoms with Gasteiger partial charge in [0.1, 0.15) is 5.82 Å². The van der Waals surface area contributed by atoms with Gasteiger partial charge in [-0.15, -0.1) is 0 Å². The average Bonchev–Trinajstić information content (AvgIpc) is 2.40. The lowest BCUT2D eigenvalue weighted by atomic mass is 9.93. The normalized spacial score (nSPS) is 16.4. The number of hydrogen-bond donors (Lipinski definition) is 2. The number of carbonyl (C=O) groups excluding carboxylic acids is 1. The molecule has 1 saturated heterocycles. The van der Waals surface area contributed by atoms with Gasteiger partial charge in [0, 0.05) is 44.0 Å². The molecular formula is C14H22N4O. The van der Waals surface area contributed by atoms with Crippen molar-refractivity contribution in [3.8, 4) is 0 Å². The van der Waals surface area contributed by atoms with Gasteiger partial charge < -0.3 is 16.0 Å². The maximum atomic E-state index is 10.9. The Morgan fingerprint density at radius 3 is 2.89 bits per heavy atom. The largest absolute Gasteiger partial charge is 0.371 e. The standard InChI is InChI=1S/C14H22N4O/c1-2-16-14-10-12(3-6-17-14)18-7-4-11(5-8-18)9-13(15)19/h3,6,10-11H,2,4-5,7-9H2,1H3,(H2,15,19)(H,16,17). The van der Waals surface area contributed by atoms with Gasteiger partial charge in [0.25, 0.3) is 0 Å². The molecule has 0 bridgehead atoms. The Kier molecular flexibility index (Phi) is 4.60. The number of rotatable bonds is 5. The van der Waals surface area contributed by atoms with Crippen LogP contribution in [0.4, 0.5) is 11.5 Å². The van der Waals surface area contributed by atoms with E-state index < -0.39 is 0 Å². The molecule has 0 saturated carbocycles. The summed E-state index contributed by atoms with van der Waals surface area (Å²) in [5.41, 5.74) is 6.45. The maximum absolute atomic E-state index is 10.9. The monoisotopic (exact) mass is 262 g/mol. The number of nitrogens with two attached hydrogens (primary N) is 1. The molecule has 2 rings (SSSR count). The maximum Gasteiger partial charge on any atom is 0.217 e. The second-order valence-corrected chi connectivity index (χ2v) is 5.03. The number of amides is 1. The quantitative estimate of drug-likeness (QED) is 0.845. The number of pyridine rings is 1. The van der Waals surface area contributed by atoms with E-state index >= 15 is 0 Å². The summed E-state index contributed by atoms with van der Waals surface area (Å²) in [7, 11) is 0. The lowest BCUT2D eigenvalue weighted by Crippen LogP contribution is -2.35. The first-order valence-corrected chi connectivity index (χ1v) is 6.92. The molecule has 5 nitrogen and oxygen atoms in total. The number of primary amides is 1. The highest BCUT2D eigenvalue weighted by atomic mass is 16.1. The van der Waals surface area contributed by atoms with E-state index in [4.69, 9.17) is 5.73 Å². The molecule has 0 atom stereocenters. The van der Waals surface area contributed by atoms with Crippen molar-refractivity contribution in [2.75, 3.05) is 29.9 Å². The van der Waals surface area contributed by atoms with E-state index in [2.05, 4.69) is 28.2 Å². The molecular weight excluding hydrogens is 240 g/mol. The number of aromatic nitrogens is 1. The molecule has 1 aromatic heterocycles. The van der Waals surface area contributed by atoms with Crippen molar-refractivity contribution in [1.29, 1.82) is 0 Å². The van der Waals surface area contributed by atoms with Crippen LogP contribution >= 0.6 is 0 Å². The predicted molar refractivity (Wildman–Crippen MR) is 77.1 cm³/mol. The molecule has 1 aliphatic heterocycles. The van der Waals surface area contributed by atoms with Gasteiger partial charge in [-0.2, -0.15) is 0 Å². The molecule has 0 unspecified atom stereocenters. The predicted octanol–water partition coefficient (Wildman–Crippen LogP) is 1.61. The molecule has 2 heterocycles. The van der Waals surface area contributed by atoms with Crippen molar-refractivity contribution in [3.63, 3.8) is 0 Å². The zero-order valence-corrected chi connectivity index (χ0v) is 11.4. The van der Waals surface area contributed by atoms with Crippen LogP contribution in [0.15, 0.2) is 18.3 Å². The Labute approximate surface area is 114 Å². The minimum atomic E-state index is -0.184. The van der Waals surface area contributed by atoms with Gasteiger partial charge in [-0.1, -0.05) is 0 Å². The van der Waals surface area contributed by atoms with E-state index in [0.29, 0.717) is 12.3 Å². The fourth-order valence-electron chi connectivity index (χ4n) is 2.57. The molecule has 5 heteroatoms. The van der Waals surface area contributed by atoms with Gasteiger partial charge in [-0.3, -0.25) is 4.79 Å². The fourth-order valence-corrected chi connectivity index (χ4v) is 2.57. The first-order chi connectivity index (χ1) is 9.19. The number of nitrogens with zero attached hydrogens (tertiary/aromatic N) is 2. The molecule has 0 spiro atoms. The number of hydrogen-bond acceptors (Lipinski definition) is 4. The van der Waals surface area contributed by atoms with Gasteiger partial charge in [0.15, 0.2) is 0 Å². The van der Waals surface area contributed by atoms with Crippen molar-refractivity contribution in [2.24, 2.45) is 11.7 Å². The van der Waals surface area contributed by atoms with E-state index in [0.717, 1.165) is 38.3 Å². The summed E-state index contributed by atoms with van der Waals surface area (Å²) < 4.78 is 0. The van der Waals surface area contributed by atoms with Gasteiger partial charge in [0.2, 0.25) is 5.91 Å². The minimum absolute atomic E-state index is 0.184. The van der Waals surface area contributed by atoms with Crippen LogP contribution in [0.25, 0.3) is 0 Å². The lowest BCUT2D eigenvalue weighted by molar-refractivity contribution is -0.119. The topological polar surface area (TPSA) is 71.2 Å². The first-order valence-electron chi connectivity index (χ1n) is 6.92. The van der Waals surface area contributed by atoms with Crippen molar-refractivity contribution < 1.29 is 4.79 Å². The average molecular weight is 262 g/mol. The summed E-state index contributed by atoms with van der Waals surface area (Å²) >= 11 is 0. The molecule has 0 radical (unpaired) electrons. The molecule has 1 amide bonds. The summed E-state index contributed by atoms with van der Waals surface area (Å²) in [6, 6.07) is 4.12. The molecule has 1 aromatic rings. The molecule has 0 aromatic carbocycles. The number of piperidine rings is 1. The Balaban J connectivity index is 1.93. The van der Waals surface area contributed by atoms with E-state index in [9.17, 15) is 4.79 Å². The highest BCUT2D eigenvalue weighted by Crippen LogP contribution is 2.25. The van der Waals surface area contributed by atoms with Crippen molar-refractivity contribution in [2.45, 2.75) is 26.2 Å². The van der Waals surface area contributed by atoms with Crippen molar-refractivity contribution in [1.82, 2.24) is 4.98 Å². The molecule has 1 aliphatic rings. The van der Waals surface area contributed by atoms with Crippen LogP contribution in [-0.2, 0) is 4.79 Å². The zero-order valence-electron chi connectivity index (χ0n) is 11.4. The summed E-state index contributed by atoms with van der Waals surface area (Å²) in [5, 5.41) is 3.22. The number of carbonyl (C=O) groups is 1. The van der Waals surface area contributed by atoms with Crippen molar-refractivity contribution >= 4 is 17.4 Å². The molecule has 19 heavy (non-hydrogen) atoms. The third kappa shape index (κ3) is 3.84. The Morgan fingerprint density at radius 1 is 1.53 bits per heavy atom. The van der Waals surface area contributed by atoms with Crippen LogP contribution in [0, 0.1) is 5.92 Å². The highest BCUT2D eigenvalue weighted by molar-refractivity contribution is 5.74. The number of nitrogens with one attached hydrogen (secondary N) is 1. The second-order valence-electron chi connectivity index (χ2n) is 5.03. The Hall–Kier alpha value is -1.78. The fraction of sp³-hybridized carbons (Fsp3) is 0.571. The van der Waals surface area contributed by atoms with E-state index in [1.165, 1.54) is 5.69 Å². The number of anilines is 2. The Bertz CT molecular complexity index is 427. The highest BCUT2D eigenvalue weighted by Gasteiger charge is 2.20. The van der Waals surface area contributed by atoms with Crippen LogP contribution in [-0.4, -0.2) is 30.5 Å². The van der Waals surface area contributed by atoms with Crippen LogP contribution < -0.4 is 16.0 Å². The molecule has 3 N–H and O–H groups in total. The van der Waals surface area contributed by atoms with Crippen LogP contribution in [0.1, 0.15) is 26.2 Å². The SMILES string of the molecule is CCNc1cc(N2CCC(CC(N)=O)CC2)ccn1. The van der Waals surface area contributed by atoms with Crippen LogP contribution in [0.2, 0.25) is 0 Å². The van der Waals surface area contributed by atoms with Gasteiger partial charge in [-0.25, -0.2) is 4.98 Å². The van der Waals surface area contributed by atoms with E-state index in [-0.39, 0.29) is 5.91 Å². The van der Waals surface area contributed by atoms with Crippen LogP contribution in [0.5, 0.6) is 0 Å². The summed E-state index contributed by atoms with van der Waals surface area (Å²) in [4.78, 5) is 17.6. The van der Waals surface area contributed by atoms with Gasteiger partial charge in [-0.05, 0) is 31.7 Å². The molecule has 1 fully saturated rings. The van der Waals surface area contributed by atoms with Gasteiger partial charge >= 0.3 is 0 Å². The summed E-state index contributed by atoms with van der Waals surface area (Å²) in [6.45, 7) is 4.89. The zero-order chi connectivity index (χ0) is 13.7. The summed E-state index contributed by atoms with van der Waals surface area (Å²) in [5.74, 6) is 1.18. The van der Waals surface area contributed by atoms with E-state index in [1.54, 1.807) is 0 Å². The third-order valence-corrected chi connectivity index (χ3v) is 3.57. The van der Waals surface area contributed by atoms with E-state index in [1.807, 2.05) is 12.3 Å². The summed E-state index contributed by atoms with van der Waals surface area (Å²) in [6.07, 6.45) is 4.42. The van der Waals surface area contributed by atoms with Crippen molar-refractivity contribution in [3.05, 3.63) is 18.3 Å².